The van der Waals surface area contributed by atoms with E-state index in [1.807, 2.05) is 30.3 Å². The summed E-state index contributed by atoms with van der Waals surface area (Å²) in [7, 11) is 0. The zero-order valence-electron chi connectivity index (χ0n) is 31.7. The Morgan fingerprint density at radius 1 is 0.750 bits per heavy atom. The first-order valence-electron chi connectivity index (χ1n) is 18.0. The van der Waals surface area contributed by atoms with E-state index in [2.05, 4.69) is 172 Å². The third kappa shape index (κ3) is 7.26. The van der Waals surface area contributed by atoms with Crippen LogP contribution in [0.4, 0.5) is 0 Å². The summed E-state index contributed by atoms with van der Waals surface area (Å²) in [6.45, 7) is 20.3. The van der Waals surface area contributed by atoms with Crippen molar-refractivity contribution in [2.45, 2.75) is 74.7 Å². The van der Waals surface area contributed by atoms with Gasteiger partial charge in [-0.15, -0.1) is 6.92 Å². The van der Waals surface area contributed by atoms with Gasteiger partial charge in [0.1, 0.15) is 0 Å². The van der Waals surface area contributed by atoms with Crippen molar-refractivity contribution in [3.8, 4) is 0 Å². The molecule has 1 saturated carbocycles. The summed E-state index contributed by atoms with van der Waals surface area (Å²) >= 11 is 8.34. The van der Waals surface area contributed by atoms with Crippen molar-refractivity contribution in [2.24, 2.45) is 27.6 Å². The van der Waals surface area contributed by atoms with Crippen LogP contribution in [0.5, 0.6) is 0 Å². The molecule has 0 N–H and O–H groups in total. The molecule has 2 unspecified atom stereocenters. The van der Waals surface area contributed by atoms with E-state index in [1.165, 1.54) is 62.5 Å². The van der Waals surface area contributed by atoms with E-state index in [9.17, 15) is 0 Å². The van der Waals surface area contributed by atoms with Crippen LogP contribution in [0.3, 0.4) is 0 Å². The van der Waals surface area contributed by atoms with Crippen molar-refractivity contribution >= 4 is 40.6 Å². The van der Waals surface area contributed by atoms with Gasteiger partial charge >= 0.3 is 128 Å². The van der Waals surface area contributed by atoms with E-state index in [1.54, 1.807) is 28.2 Å². The van der Waals surface area contributed by atoms with Crippen LogP contribution in [0.1, 0.15) is 90.5 Å². The molecular weight excluding hydrogens is 886 g/mol. The molecule has 0 bridgehead atoms. The molecule has 4 aliphatic carbocycles. The smallest absolute Gasteiger partial charge is 0.00969 e. The first-order valence-corrected chi connectivity index (χ1v) is 20.8. The van der Waals surface area contributed by atoms with E-state index in [0.29, 0.717) is 5.92 Å². The summed E-state index contributed by atoms with van der Waals surface area (Å²) < 4.78 is 3.62. The summed E-state index contributed by atoms with van der Waals surface area (Å²) in [6.07, 6.45) is 8.50. The van der Waals surface area contributed by atoms with Gasteiger partial charge < -0.3 is 24.8 Å². The number of halogens is 4. The van der Waals surface area contributed by atoms with Gasteiger partial charge in [-0.1, -0.05) is 113 Å². The van der Waals surface area contributed by atoms with Crippen molar-refractivity contribution in [1.29, 1.82) is 0 Å². The minimum Gasteiger partial charge on any atom is -1.00 e. The molecule has 0 heterocycles. The molecule has 1 fully saturated rings. The van der Waals surface area contributed by atoms with Crippen LogP contribution in [0.15, 0.2) is 141 Å². The predicted octanol–water partition coefficient (Wildman–Crippen LogP) is 7.71. The Morgan fingerprint density at radius 2 is 1.29 bits per heavy atom. The third-order valence-electron chi connectivity index (χ3n) is 13.6. The van der Waals surface area contributed by atoms with Gasteiger partial charge in [-0.25, -0.2) is 18.1 Å². The van der Waals surface area contributed by atoms with E-state index >= 15 is 0 Å². The minimum absolute atomic E-state index is 0. The standard InChI is InChI=1S/C29H37.C13H8Br2.C5H5.2ClH.Zr/c1-18-25-22-17-19-13-9-10-14-20(19)24(22)21-15-11-12-16-23(21)29(25,8)28(6,7)27(4,5)26(18,2)3;14-12-5-1-10(2-6-12)9-11-3-7-13(15)8-4-11;1-2-4-5-3-1;;;/h9-11,13-15,23H,12,16-17H2,1-8H3;1-8H;1-5H;2*1H;/q-1;;-1;;;+2/p-2. The number of benzene rings is 3. The van der Waals surface area contributed by atoms with Gasteiger partial charge in [-0.05, 0) is 40.6 Å². The molecule has 0 spiro atoms. The maximum Gasteiger partial charge on any atom is -0.00969 e. The Hall–Kier alpha value is -1.61. The Kier molecular flexibility index (Phi) is 13.8. The number of fused-ring (bicyclic) bond motifs is 6. The molecule has 4 aliphatic rings. The van der Waals surface area contributed by atoms with Crippen molar-refractivity contribution < 1.29 is 49.0 Å². The van der Waals surface area contributed by atoms with Crippen LogP contribution in [-0.4, -0.2) is 3.21 Å². The van der Waals surface area contributed by atoms with Gasteiger partial charge in [0.15, 0.2) is 0 Å². The first-order chi connectivity index (χ1) is 23.6. The molecule has 0 aromatic heterocycles. The first kappa shape index (κ1) is 43.1. The largest absolute Gasteiger partial charge is 1.00 e. The normalized spacial score (nSPS) is 22.5. The van der Waals surface area contributed by atoms with Gasteiger partial charge in [-0.2, -0.15) is 29.3 Å². The maximum absolute atomic E-state index is 3.45. The second-order valence-corrected chi connectivity index (χ2v) is 19.2. The van der Waals surface area contributed by atoms with Crippen LogP contribution in [0.2, 0.25) is 0 Å². The van der Waals surface area contributed by atoms with E-state index in [4.69, 9.17) is 0 Å². The molecule has 0 saturated heterocycles. The fourth-order valence-electron chi connectivity index (χ4n) is 9.29. The summed E-state index contributed by atoms with van der Waals surface area (Å²) in [4.78, 5) is 0. The average Bonchev–Trinajstić information content (AvgIpc) is 3.81. The Balaban J connectivity index is 0.000000221. The van der Waals surface area contributed by atoms with Crippen molar-refractivity contribution in [3.05, 3.63) is 169 Å². The second-order valence-electron chi connectivity index (χ2n) is 16.1. The zero-order valence-corrected chi connectivity index (χ0v) is 38.8. The summed E-state index contributed by atoms with van der Waals surface area (Å²) in [5, 5.41) is 0. The molecule has 2 atom stereocenters. The maximum atomic E-state index is 3.45. The molecular formula is C47H50Br2Cl2Zr-2. The molecule has 0 amide bonds. The predicted molar refractivity (Wildman–Crippen MR) is 218 cm³/mol. The number of rotatable bonds is 2. The second kappa shape index (κ2) is 16.6. The van der Waals surface area contributed by atoms with Gasteiger partial charge in [0, 0.05) is 0 Å². The van der Waals surface area contributed by atoms with Crippen LogP contribution >= 0.6 is 31.9 Å². The van der Waals surface area contributed by atoms with Gasteiger partial charge in [0.25, 0.3) is 0 Å². The van der Waals surface area contributed by atoms with Crippen LogP contribution in [0.25, 0.3) is 5.57 Å². The monoisotopic (exact) mass is 932 g/mol. The summed E-state index contributed by atoms with van der Waals surface area (Å²) in [5.41, 5.74) is 12.9. The van der Waals surface area contributed by atoms with Crippen LogP contribution in [-0.2, 0) is 30.7 Å². The number of allylic oxidation sites excluding steroid dienone is 6. The topological polar surface area (TPSA) is 0 Å². The molecule has 272 valence electrons. The fourth-order valence-corrected chi connectivity index (χ4v) is 10.6. The molecule has 0 aliphatic heterocycles. The van der Waals surface area contributed by atoms with Crippen molar-refractivity contribution in [2.75, 3.05) is 0 Å². The molecule has 8 rings (SSSR count). The molecule has 0 radical (unpaired) electrons. The molecule has 4 aromatic carbocycles. The number of hydrogen-bond acceptors (Lipinski definition) is 0. The van der Waals surface area contributed by atoms with E-state index in [-0.39, 0.29) is 46.5 Å². The van der Waals surface area contributed by atoms with Gasteiger partial charge in [-0.3, -0.25) is 0 Å². The van der Waals surface area contributed by atoms with Crippen molar-refractivity contribution in [1.82, 2.24) is 0 Å². The van der Waals surface area contributed by atoms with Crippen LogP contribution < -0.4 is 24.8 Å². The van der Waals surface area contributed by atoms with E-state index in [0.717, 1.165) is 15.4 Å². The zero-order chi connectivity index (χ0) is 36.1. The third-order valence-corrected chi connectivity index (χ3v) is 16.1. The molecule has 52 heavy (non-hydrogen) atoms. The Morgan fingerprint density at radius 3 is 1.81 bits per heavy atom. The Bertz CT molecular complexity index is 1900. The quantitative estimate of drug-likeness (QED) is 0.181. The average molecular weight is 937 g/mol. The molecule has 5 heteroatoms. The van der Waals surface area contributed by atoms with Gasteiger partial charge in [0.2, 0.25) is 0 Å². The molecule has 4 aromatic rings. The minimum atomic E-state index is 0. The number of hydrogen-bond donors (Lipinski definition) is 0. The van der Waals surface area contributed by atoms with Crippen molar-refractivity contribution in [3.63, 3.8) is 0 Å². The van der Waals surface area contributed by atoms with Gasteiger partial charge in [0.05, 0.1) is 0 Å². The SMILES string of the molecule is Brc1ccc([C](=[Zr+2])c2ccc(Br)cc2)cc1.C[C-]1C2=C3Cc4ccccc4C3=C3C=CCCC3C2(C)C(C)(C)C(C)(C)C1(C)C.[Cl-].[Cl-].c1cc[cH-]c1. The summed E-state index contributed by atoms with van der Waals surface area (Å²) in [6, 6.07) is 36.1. The van der Waals surface area contributed by atoms with Crippen LogP contribution in [0, 0.1) is 33.5 Å². The molecule has 0 nitrogen and oxygen atoms in total. The fraction of sp³-hybridized carbons (Fsp3) is 0.340. The summed E-state index contributed by atoms with van der Waals surface area (Å²) in [5.74, 6) is 2.24. The Labute approximate surface area is 357 Å². The van der Waals surface area contributed by atoms with E-state index < -0.39 is 0 Å².